The molecule has 1 aliphatic rings. The van der Waals surface area contributed by atoms with Gasteiger partial charge in [-0.05, 0) is 66.6 Å². The molecule has 0 radical (unpaired) electrons. The number of nitrogens with one attached hydrogen (secondary N) is 1. The first-order valence-corrected chi connectivity index (χ1v) is 7.61. The zero-order valence-electron chi connectivity index (χ0n) is 12.2. The molecule has 4 N–H and O–H groups in total. The smallest absolute Gasteiger partial charge is 0.0519 e. The highest BCUT2D eigenvalue weighted by molar-refractivity contribution is 5.53. The normalized spacial score (nSPS) is 16.7. The van der Waals surface area contributed by atoms with Gasteiger partial charge < -0.3 is 16.2 Å². The van der Waals surface area contributed by atoms with Crippen LogP contribution in [0.3, 0.4) is 0 Å². The Hall–Kier alpha value is -2.00. The van der Waals surface area contributed by atoms with Crippen LogP contribution in [0.15, 0.2) is 42.5 Å². The standard InChI is InChI=1S/C18H22N2O/c19-15-7-8-17-14(12-15)6-9-18(17)20-16-5-1-3-13(11-16)4-2-10-21/h1,3,5,7-8,11-12,18,20-21H,2,4,6,9-10,19H2. The molecule has 3 nitrogen and oxygen atoms in total. The second kappa shape index (κ2) is 6.19. The molecule has 0 amide bonds. The minimum Gasteiger partial charge on any atom is -0.399 e. The van der Waals surface area contributed by atoms with Gasteiger partial charge >= 0.3 is 0 Å². The van der Waals surface area contributed by atoms with Gasteiger partial charge in [0.2, 0.25) is 0 Å². The van der Waals surface area contributed by atoms with Crippen molar-refractivity contribution in [1.29, 1.82) is 0 Å². The Kier molecular flexibility index (Phi) is 4.11. The summed E-state index contributed by atoms with van der Waals surface area (Å²) in [6.07, 6.45) is 3.93. The Bertz CT molecular complexity index is 624. The number of aliphatic hydroxyl groups excluding tert-OH is 1. The molecule has 0 heterocycles. The Morgan fingerprint density at radius 3 is 2.95 bits per heavy atom. The Labute approximate surface area is 125 Å². The van der Waals surface area contributed by atoms with Gasteiger partial charge in [0.05, 0.1) is 6.04 Å². The summed E-state index contributed by atoms with van der Waals surface area (Å²) in [4.78, 5) is 0. The van der Waals surface area contributed by atoms with E-state index in [2.05, 4.69) is 41.7 Å². The van der Waals surface area contributed by atoms with Crippen LogP contribution < -0.4 is 11.1 Å². The van der Waals surface area contributed by atoms with Gasteiger partial charge in [-0.3, -0.25) is 0 Å². The second-order valence-electron chi connectivity index (χ2n) is 5.72. The van der Waals surface area contributed by atoms with Gasteiger partial charge in [-0.2, -0.15) is 0 Å². The lowest BCUT2D eigenvalue weighted by molar-refractivity contribution is 0.288. The predicted octanol–water partition coefficient (Wildman–Crippen LogP) is 3.29. The van der Waals surface area contributed by atoms with E-state index in [9.17, 15) is 0 Å². The van der Waals surface area contributed by atoms with E-state index in [0.29, 0.717) is 6.04 Å². The molecule has 1 aliphatic carbocycles. The maximum Gasteiger partial charge on any atom is 0.0519 e. The van der Waals surface area contributed by atoms with E-state index >= 15 is 0 Å². The minimum atomic E-state index is 0.245. The summed E-state index contributed by atoms with van der Waals surface area (Å²) in [5.74, 6) is 0. The number of anilines is 2. The monoisotopic (exact) mass is 282 g/mol. The van der Waals surface area contributed by atoms with Crippen LogP contribution in [0.5, 0.6) is 0 Å². The Morgan fingerprint density at radius 2 is 2.10 bits per heavy atom. The van der Waals surface area contributed by atoms with Crippen LogP contribution in [0, 0.1) is 0 Å². The van der Waals surface area contributed by atoms with Crippen molar-refractivity contribution in [3.8, 4) is 0 Å². The molecule has 0 saturated heterocycles. The summed E-state index contributed by atoms with van der Waals surface area (Å²) < 4.78 is 0. The summed E-state index contributed by atoms with van der Waals surface area (Å²) in [6, 6.07) is 15.1. The van der Waals surface area contributed by atoms with Crippen molar-refractivity contribution < 1.29 is 5.11 Å². The lowest BCUT2D eigenvalue weighted by Gasteiger charge is -2.16. The van der Waals surface area contributed by atoms with E-state index in [1.165, 1.54) is 16.7 Å². The van der Waals surface area contributed by atoms with Gasteiger partial charge in [0.15, 0.2) is 0 Å². The van der Waals surface area contributed by atoms with Gasteiger partial charge in [-0.25, -0.2) is 0 Å². The quantitative estimate of drug-likeness (QED) is 0.738. The molecule has 0 aliphatic heterocycles. The number of aryl methyl sites for hydroxylation is 2. The number of nitrogen functional groups attached to an aromatic ring is 1. The van der Waals surface area contributed by atoms with E-state index in [4.69, 9.17) is 10.8 Å². The molecule has 0 spiro atoms. The molecule has 1 atom stereocenters. The first-order chi connectivity index (χ1) is 10.3. The van der Waals surface area contributed by atoms with Crippen molar-refractivity contribution in [2.45, 2.75) is 31.7 Å². The molecule has 0 saturated carbocycles. The zero-order valence-corrected chi connectivity index (χ0v) is 12.2. The van der Waals surface area contributed by atoms with E-state index in [1.807, 2.05) is 6.07 Å². The molecule has 0 aromatic heterocycles. The summed E-state index contributed by atoms with van der Waals surface area (Å²) >= 11 is 0. The van der Waals surface area contributed by atoms with Crippen LogP contribution >= 0.6 is 0 Å². The summed E-state index contributed by atoms with van der Waals surface area (Å²) in [6.45, 7) is 0.245. The lowest BCUT2D eigenvalue weighted by Crippen LogP contribution is -2.07. The highest BCUT2D eigenvalue weighted by Crippen LogP contribution is 2.35. The zero-order chi connectivity index (χ0) is 14.7. The fourth-order valence-electron chi connectivity index (χ4n) is 3.09. The molecule has 0 fully saturated rings. The van der Waals surface area contributed by atoms with Crippen molar-refractivity contribution in [2.75, 3.05) is 17.7 Å². The Morgan fingerprint density at radius 1 is 1.19 bits per heavy atom. The number of hydrogen-bond acceptors (Lipinski definition) is 3. The molecule has 110 valence electrons. The van der Waals surface area contributed by atoms with Crippen LogP contribution in [0.1, 0.15) is 35.6 Å². The molecule has 3 heteroatoms. The molecule has 2 aromatic rings. The number of rotatable bonds is 5. The lowest BCUT2D eigenvalue weighted by atomic mass is 10.1. The molecule has 1 unspecified atom stereocenters. The van der Waals surface area contributed by atoms with Crippen LogP contribution in [-0.4, -0.2) is 11.7 Å². The number of aliphatic hydroxyl groups is 1. The van der Waals surface area contributed by atoms with Crippen LogP contribution in [-0.2, 0) is 12.8 Å². The van der Waals surface area contributed by atoms with Gasteiger partial charge in [0.1, 0.15) is 0 Å². The number of benzene rings is 2. The van der Waals surface area contributed by atoms with E-state index in [0.717, 1.165) is 37.1 Å². The summed E-state index contributed by atoms with van der Waals surface area (Å²) in [5.41, 5.74) is 11.9. The SMILES string of the molecule is Nc1ccc2c(c1)CCC2Nc1cccc(CCCO)c1. The fraction of sp³-hybridized carbons (Fsp3) is 0.333. The number of fused-ring (bicyclic) bond motifs is 1. The first-order valence-electron chi connectivity index (χ1n) is 7.61. The third-order valence-electron chi connectivity index (χ3n) is 4.14. The fourth-order valence-corrected chi connectivity index (χ4v) is 3.09. The van der Waals surface area contributed by atoms with E-state index in [1.54, 1.807) is 0 Å². The first kappa shape index (κ1) is 14.0. The summed E-state index contributed by atoms with van der Waals surface area (Å²) in [7, 11) is 0. The molecule has 21 heavy (non-hydrogen) atoms. The van der Waals surface area contributed by atoms with Crippen molar-refractivity contribution in [2.24, 2.45) is 0 Å². The molecular weight excluding hydrogens is 260 g/mol. The average molecular weight is 282 g/mol. The molecule has 3 rings (SSSR count). The van der Waals surface area contributed by atoms with E-state index < -0.39 is 0 Å². The maximum atomic E-state index is 8.93. The van der Waals surface area contributed by atoms with Gasteiger partial charge in [-0.15, -0.1) is 0 Å². The van der Waals surface area contributed by atoms with Gasteiger partial charge in [0.25, 0.3) is 0 Å². The predicted molar refractivity (Wildman–Crippen MR) is 87.4 cm³/mol. The number of hydrogen-bond donors (Lipinski definition) is 3. The highest BCUT2D eigenvalue weighted by atomic mass is 16.2. The van der Waals surface area contributed by atoms with Crippen molar-refractivity contribution >= 4 is 11.4 Å². The minimum absolute atomic E-state index is 0.245. The molecule has 2 aromatic carbocycles. The van der Waals surface area contributed by atoms with Crippen LogP contribution in [0.25, 0.3) is 0 Å². The van der Waals surface area contributed by atoms with Gasteiger partial charge in [-0.1, -0.05) is 18.2 Å². The second-order valence-corrected chi connectivity index (χ2v) is 5.72. The van der Waals surface area contributed by atoms with Crippen molar-refractivity contribution in [3.05, 3.63) is 59.2 Å². The third kappa shape index (κ3) is 3.19. The van der Waals surface area contributed by atoms with Gasteiger partial charge in [0, 0.05) is 18.0 Å². The summed E-state index contributed by atoms with van der Waals surface area (Å²) in [5, 5.41) is 12.6. The van der Waals surface area contributed by atoms with Crippen molar-refractivity contribution in [1.82, 2.24) is 0 Å². The van der Waals surface area contributed by atoms with Crippen LogP contribution in [0.2, 0.25) is 0 Å². The largest absolute Gasteiger partial charge is 0.399 e. The maximum absolute atomic E-state index is 8.93. The average Bonchev–Trinajstić information content (AvgIpc) is 2.87. The van der Waals surface area contributed by atoms with Crippen molar-refractivity contribution in [3.63, 3.8) is 0 Å². The topological polar surface area (TPSA) is 58.3 Å². The molecular formula is C18H22N2O. The van der Waals surface area contributed by atoms with E-state index in [-0.39, 0.29) is 6.61 Å². The third-order valence-corrected chi connectivity index (χ3v) is 4.14. The molecule has 0 bridgehead atoms. The Balaban J connectivity index is 1.73. The number of nitrogens with two attached hydrogens (primary N) is 1. The van der Waals surface area contributed by atoms with Crippen LogP contribution in [0.4, 0.5) is 11.4 Å². The highest BCUT2D eigenvalue weighted by Gasteiger charge is 2.22.